The fraction of sp³-hybridized carbons (Fsp3) is 0.438. The lowest BCUT2D eigenvalue weighted by Crippen LogP contribution is -2.20. The number of aromatic nitrogens is 2. The van der Waals surface area contributed by atoms with Crippen molar-refractivity contribution in [2.75, 3.05) is 7.05 Å². The number of likely N-dealkylation sites (N-methyl/N-ethyl adjacent to an activating group) is 1. The highest BCUT2D eigenvalue weighted by Gasteiger charge is 2.18. The van der Waals surface area contributed by atoms with Crippen LogP contribution in [0.3, 0.4) is 0 Å². The topological polar surface area (TPSA) is 29.9 Å². The minimum atomic E-state index is 0.246. The molecule has 3 nitrogen and oxygen atoms in total. The van der Waals surface area contributed by atoms with E-state index in [1.54, 1.807) is 4.68 Å². The first-order chi connectivity index (χ1) is 9.43. The van der Waals surface area contributed by atoms with Crippen LogP contribution in [0.4, 0.5) is 0 Å². The van der Waals surface area contributed by atoms with E-state index in [4.69, 9.17) is 11.6 Å². The molecule has 108 valence electrons. The van der Waals surface area contributed by atoms with Crippen molar-refractivity contribution >= 4 is 11.6 Å². The van der Waals surface area contributed by atoms with E-state index in [0.29, 0.717) is 0 Å². The Kier molecular flexibility index (Phi) is 4.51. The van der Waals surface area contributed by atoms with Crippen LogP contribution in [0.2, 0.25) is 5.15 Å². The summed E-state index contributed by atoms with van der Waals surface area (Å²) >= 11 is 6.34. The van der Waals surface area contributed by atoms with Crippen molar-refractivity contribution in [1.29, 1.82) is 0 Å². The molecule has 1 unspecified atom stereocenters. The Bertz CT molecular complexity index is 616. The summed E-state index contributed by atoms with van der Waals surface area (Å²) in [4.78, 5) is 0. The molecule has 0 bridgehead atoms. The molecule has 20 heavy (non-hydrogen) atoms. The Morgan fingerprint density at radius 3 is 2.50 bits per heavy atom. The van der Waals surface area contributed by atoms with Crippen molar-refractivity contribution in [3.05, 3.63) is 51.3 Å². The third-order valence-electron chi connectivity index (χ3n) is 3.83. The number of rotatable bonds is 4. The van der Waals surface area contributed by atoms with Gasteiger partial charge in [0.25, 0.3) is 0 Å². The summed E-state index contributed by atoms with van der Waals surface area (Å²) in [7, 11) is 3.87. The Hall–Kier alpha value is -1.32. The Morgan fingerprint density at radius 1 is 1.30 bits per heavy atom. The molecule has 0 saturated carbocycles. The summed E-state index contributed by atoms with van der Waals surface area (Å²) in [5.41, 5.74) is 6.03. The number of hydrogen-bond donors (Lipinski definition) is 1. The zero-order valence-electron chi connectivity index (χ0n) is 12.8. The van der Waals surface area contributed by atoms with Crippen LogP contribution < -0.4 is 5.32 Å². The molecule has 1 heterocycles. The fourth-order valence-corrected chi connectivity index (χ4v) is 2.95. The van der Waals surface area contributed by atoms with E-state index < -0.39 is 0 Å². The first-order valence-corrected chi connectivity index (χ1v) is 7.24. The zero-order chi connectivity index (χ0) is 14.9. The van der Waals surface area contributed by atoms with Crippen molar-refractivity contribution in [2.45, 2.75) is 33.2 Å². The van der Waals surface area contributed by atoms with E-state index in [0.717, 1.165) is 22.8 Å². The van der Waals surface area contributed by atoms with Gasteiger partial charge in [-0.2, -0.15) is 5.10 Å². The number of benzene rings is 1. The average molecular weight is 292 g/mol. The van der Waals surface area contributed by atoms with Crippen molar-refractivity contribution in [3.63, 3.8) is 0 Å². The first-order valence-electron chi connectivity index (χ1n) is 6.86. The second-order valence-corrected chi connectivity index (χ2v) is 5.74. The summed E-state index contributed by atoms with van der Waals surface area (Å²) in [5, 5.41) is 8.51. The predicted octanol–water partition coefficient (Wildman–Crippen LogP) is 3.50. The van der Waals surface area contributed by atoms with Crippen molar-refractivity contribution in [1.82, 2.24) is 15.1 Å². The molecular weight excluding hydrogens is 270 g/mol. The van der Waals surface area contributed by atoms with Crippen LogP contribution in [0.25, 0.3) is 0 Å². The lowest BCUT2D eigenvalue weighted by atomic mass is 9.94. The van der Waals surface area contributed by atoms with Gasteiger partial charge in [-0.3, -0.25) is 4.68 Å². The largest absolute Gasteiger partial charge is 0.313 e. The van der Waals surface area contributed by atoms with Gasteiger partial charge in [-0.1, -0.05) is 35.4 Å². The maximum absolute atomic E-state index is 6.34. The predicted molar refractivity (Wildman–Crippen MR) is 84.4 cm³/mol. The number of nitrogens with one attached hydrogen (secondary N) is 1. The first kappa shape index (κ1) is 15.1. The van der Waals surface area contributed by atoms with Crippen LogP contribution in [0.1, 0.15) is 34.0 Å². The van der Waals surface area contributed by atoms with Crippen molar-refractivity contribution in [3.8, 4) is 0 Å². The molecule has 0 fully saturated rings. The van der Waals surface area contributed by atoms with Gasteiger partial charge in [-0.15, -0.1) is 0 Å². The highest BCUT2D eigenvalue weighted by molar-refractivity contribution is 6.30. The standard InChI is InChI=1S/C16H22ClN3/c1-10-6-7-13(11(2)8-10)15(18-4)9-14-12(3)19-20(5)16(14)17/h6-8,15,18H,9H2,1-5H3. The van der Waals surface area contributed by atoms with E-state index in [9.17, 15) is 0 Å². The molecule has 0 spiro atoms. The number of hydrogen-bond acceptors (Lipinski definition) is 2. The van der Waals surface area contributed by atoms with Gasteiger partial charge in [0.05, 0.1) is 5.69 Å². The molecule has 0 aliphatic carbocycles. The van der Waals surface area contributed by atoms with Crippen LogP contribution >= 0.6 is 11.6 Å². The molecule has 2 rings (SSSR count). The molecule has 0 amide bonds. The molecule has 4 heteroatoms. The quantitative estimate of drug-likeness (QED) is 0.934. The van der Waals surface area contributed by atoms with Gasteiger partial charge >= 0.3 is 0 Å². The average Bonchev–Trinajstić information content (AvgIpc) is 2.62. The highest BCUT2D eigenvalue weighted by atomic mass is 35.5. The van der Waals surface area contributed by atoms with E-state index in [1.165, 1.54) is 16.7 Å². The Labute approximate surface area is 126 Å². The minimum absolute atomic E-state index is 0.246. The van der Waals surface area contributed by atoms with Gasteiger partial charge in [0.15, 0.2) is 0 Å². The zero-order valence-corrected chi connectivity index (χ0v) is 13.5. The van der Waals surface area contributed by atoms with Gasteiger partial charge in [0.2, 0.25) is 0 Å². The van der Waals surface area contributed by atoms with Crippen molar-refractivity contribution < 1.29 is 0 Å². The van der Waals surface area contributed by atoms with Crippen LogP contribution in [-0.2, 0) is 13.5 Å². The number of halogens is 1. The third kappa shape index (κ3) is 2.89. The molecule has 0 aliphatic rings. The van der Waals surface area contributed by atoms with Gasteiger partial charge in [0.1, 0.15) is 5.15 Å². The third-order valence-corrected chi connectivity index (χ3v) is 4.30. The number of nitrogens with zero attached hydrogens (tertiary/aromatic N) is 2. The second-order valence-electron chi connectivity index (χ2n) is 5.38. The van der Waals surface area contributed by atoms with Crippen LogP contribution in [-0.4, -0.2) is 16.8 Å². The maximum atomic E-state index is 6.34. The molecule has 1 N–H and O–H groups in total. The second kappa shape index (κ2) is 5.98. The van der Waals surface area contributed by atoms with Gasteiger partial charge in [0, 0.05) is 18.7 Å². The smallest absolute Gasteiger partial charge is 0.130 e. The van der Waals surface area contributed by atoms with E-state index in [2.05, 4.69) is 42.5 Å². The maximum Gasteiger partial charge on any atom is 0.130 e. The van der Waals surface area contributed by atoms with E-state index >= 15 is 0 Å². The van der Waals surface area contributed by atoms with E-state index in [1.807, 2.05) is 21.0 Å². The van der Waals surface area contributed by atoms with Crippen LogP contribution in [0, 0.1) is 20.8 Å². The SMILES string of the molecule is CNC(Cc1c(C)nn(C)c1Cl)c1ccc(C)cc1C. The van der Waals surface area contributed by atoms with Crippen LogP contribution in [0.5, 0.6) is 0 Å². The number of aryl methyl sites for hydroxylation is 4. The monoisotopic (exact) mass is 291 g/mol. The van der Waals surface area contributed by atoms with Gasteiger partial charge in [-0.25, -0.2) is 0 Å². The molecule has 2 aromatic rings. The molecule has 1 aromatic heterocycles. The normalized spacial score (nSPS) is 12.7. The molecule has 1 atom stereocenters. The molecule has 0 saturated heterocycles. The lowest BCUT2D eigenvalue weighted by Gasteiger charge is -2.19. The minimum Gasteiger partial charge on any atom is -0.313 e. The molecular formula is C16H22ClN3. The fourth-order valence-electron chi connectivity index (χ4n) is 2.69. The summed E-state index contributed by atoms with van der Waals surface area (Å²) in [6.07, 6.45) is 0.846. The van der Waals surface area contributed by atoms with Crippen LogP contribution in [0.15, 0.2) is 18.2 Å². The highest BCUT2D eigenvalue weighted by Crippen LogP contribution is 2.27. The van der Waals surface area contributed by atoms with E-state index in [-0.39, 0.29) is 6.04 Å². The summed E-state index contributed by atoms with van der Waals surface area (Å²) in [5.74, 6) is 0. The summed E-state index contributed by atoms with van der Waals surface area (Å²) in [6, 6.07) is 6.82. The Morgan fingerprint density at radius 2 is 2.00 bits per heavy atom. The van der Waals surface area contributed by atoms with Crippen molar-refractivity contribution in [2.24, 2.45) is 7.05 Å². The molecule has 0 radical (unpaired) electrons. The summed E-state index contributed by atoms with van der Waals surface area (Å²) in [6.45, 7) is 6.29. The summed E-state index contributed by atoms with van der Waals surface area (Å²) < 4.78 is 1.74. The van der Waals surface area contributed by atoms with Gasteiger partial charge in [-0.05, 0) is 45.4 Å². The molecule has 1 aromatic carbocycles. The molecule has 0 aliphatic heterocycles. The van der Waals surface area contributed by atoms with Gasteiger partial charge < -0.3 is 5.32 Å². The lowest BCUT2D eigenvalue weighted by molar-refractivity contribution is 0.587. The Balaban J connectivity index is 2.33.